The molecule has 1 fully saturated rings. The number of hydrogen-bond acceptors (Lipinski definition) is 5. The minimum atomic E-state index is -0.148. The first-order chi connectivity index (χ1) is 12.7. The van der Waals surface area contributed by atoms with Gasteiger partial charge in [0.05, 0.1) is 0 Å². The Morgan fingerprint density at radius 3 is 2.77 bits per heavy atom. The summed E-state index contributed by atoms with van der Waals surface area (Å²) in [5.41, 5.74) is 3.34. The highest BCUT2D eigenvalue weighted by Gasteiger charge is 2.39. The van der Waals surface area contributed by atoms with Gasteiger partial charge in [-0.25, -0.2) is 0 Å². The monoisotopic (exact) mass is 370 g/mol. The summed E-state index contributed by atoms with van der Waals surface area (Å²) < 4.78 is 0. The molecule has 0 saturated heterocycles. The number of carbonyl (C=O) groups is 2. The molecule has 6 nitrogen and oxygen atoms in total. The van der Waals surface area contributed by atoms with Crippen molar-refractivity contribution in [2.45, 2.75) is 45.1 Å². The molecule has 7 heteroatoms. The van der Waals surface area contributed by atoms with Crippen LogP contribution in [0.15, 0.2) is 29.8 Å². The zero-order chi connectivity index (χ0) is 18.0. The van der Waals surface area contributed by atoms with Crippen molar-refractivity contribution in [1.82, 2.24) is 15.1 Å². The van der Waals surface area contributed by atoms with Crippen LogP contribution in [0.1, 0.15) is 54.4 Å². The number of aromatic nitrogens is 2. The fraction of sp³-hybridized carbons (Fsp3) is 0.474. The molecule has 26 heavy (non-hydrogen) atoms. The van der Waals surface area contributed by atoms with Crippen molar-refractivity contribution in [2.24, 2.45) is 5.41 Å². The highest BCUT2D eigenvalue weighted by atomic mass is 32.1. The van der Waals surface area contributed by atoms with Crippen LogP contribution < -0.4 is 5.32 Å². The van der Waals surface area contributed by atoms with Crippen molar-refractivity contribution in [1.29, 1.82) is 0 Å². The molecule has 1 aliphatic carbocycles. The maximum absolute atomic E-state index is 12.8. The lowest BCUT2D eigenvalue weighted by Crippen LogP contribution is -2.41. The van der Waals surface area contributed by atoms with E-state index < -0.39 is 0 Å². The summed E-state index contributed by atoms with van der Waals surface area (Å²) in [4.78, 5) is 27.3. The van der Waals surface area contributed by atoms with E-state index in [1.165, 1.54) is 17.8 Å². The molecule has 2 heterocycles. The summed E-state index contributed by atoms with van der Waals surface area (Å²) >= 11 is 1.32. The predicted molar refractivity (Wildman–Crippen MR) is 99.9 cm³/mol. The van der Waals surface area contributed by atoms with E-state index in [1.807, 2.05) is 29.2 Å². The highest BCUT2D eigenvalue weighted by Crippen LogP contribution is 2.41. The van der Waals surface area contributed by atoms with Crippen molar-refractivity contribution in [2.75, 3.05) is 11.9 Å². The van der Waals surface area contributed by atoms with Gasteiger partial charge in [-0.3, -0.25) is 9.59 Å². The predicted octanol–water partition coefficient (Wildman–Crippen LogP) is 3.47. The van der Waals surface area contributed by atoms with Crippen LogP contribution in [0.3, 0.4) is 0 Å². The quantitative estimate of drug-likeness (QED) is 0.874. The number of carbonyl (C=O) groups excluding carboxylic acids is 2. The normalized spacial score (nSPS) is 18.6. The molecule has 1 aliphatic heterocycles. The maximum Gasteiger partial charge on any atom is 0.254 e. The average molecular weight is 370 g/mol. The zero-order valence-electron chi connectivity index (χ0n) is 14.6. The topological polar surface area (TPSA) is 75.2 Å². The number of nitrogens with one attached hydrogen (secondary N) is 1. The van der Waals surface area contributed by atoms with Gasteiger partial charge in [-0.15, -0.1) is 10.2 Å². The van der Waals surface area contributed by atoms with Crippen LogP contribution in [-0.2, 0) is 11.3 Å². The lowest BCUT2D eigenvalue weighted by atomic mass is 9.71. The summed E-state index contributed by atoms with van der Waals surface area (Å²) in [7, 11) is 0. The largest absolute Gasteiger partial charge is 0.334 e. The summed E-state index contributed by atoms with van der Waals surface area (Å²) in [6, 6.07) is 7.80. The van der Waals surface area contributed by atoms with Crippen molar-refractivity contribution < 1.29 is 9.59 Å². The Morgan fingerprint density at radius 2 is 2.04 bits per heavy atom. The Labute approximate surface area is 156 Å². The van der Waals surface area contributed by atoms with E-state index in [0.717, 1.165) is 36.8 Å². The third-order valence-corrected chi connectivity index (χ3v) is 6.09. The summed E-state index contributed by atoms with van der Waals surface area (Å²) in [5.74, 6) is 0.0582. The van der Waals surface area contributed by atoms with Gasteiger partial charge in [0.2, 0.25) is 11.0 Å². The number of nitrogens with zero attached hydrogens (tertiary/aromatic N) is 3. The molecule has 0 atom stereocenters. The van der Waals surface area contributed by atoms with Crippen LogP contribution in [0.25, 0.3) is 0 Å². The van der Waals surface area contributed by atoms with E-state index in [4.69, 9.17) is 0 Å². The molecule has 2 aliphatic rings. The van der Waals surface area contributed by atoms with Gasteiger partial charge in [-0.1, -0.05) is 48.8 Å². The van der Waals surface area contributed by atoms with Gasteiger partial charge in [-0.05, 0) is 29.9 Å². The molecule has 4 rings (SSSR count). The van der Waals surface area contributed by atoms with Crippen molar-refractivity contribution in [3.05, 3.63) is 40.9 Å². The van der Waals surface area contributed by atoms with Crippen molar-refractivity contribution >= 4 is 28.3 Å². The van der Waals surface area contributed by atoms with E-state index in [0.29, 0.717) is 24.6 Å². The van der Waals surface area contributed by atoms with Gasteiger partial charge >= 0.3 is 0 Å². The number of anilines is 1. The molecule has 2 aromatic rings. The van der Waals surface area contributed by atoms with Crippen LogP contribution in [-0.4, -0.2) is 33.5 Å². The third-order valence-electron chi connectivity index (χ3n) is 5.48. The Kier molecular flexibility index (Phi) is 4.72. The van der Waals surface area contributed by atoms with E-state index in [-0.39, 0.29) is 17.2 Å². The first-order valence-electron chi connectivity index (χ1n) is 9.08. The van der Waals surface area contributed by atoms with Gasteiger partial charge in [0, 0.05) is 25.1 Å². The van der Waals surface area contributed by atoms with Crippen LogP contribution >= 0.6 is 11.3 Å². The second-order valence-electron chi connectivity index (χ2n) is 7.35. The third kappa shape index (κ3) is 3.49. The average Bonchev–Trinajstić information content (AvgIpc) is 3.24. The first kappa shape index (κ1) is 17.1. The fourth-order valence-electron chi connectivity index (χ4n) is 4.27. The Bertz CT molecular complexity index is 800. The van der Waals surface area contributed by atoms with Crippen LogP contribution in [0, 0.1) is 5.41 Å². The lowest BCUT2D eigenvalue weighted by molar-refractivity contribution is -0.119. The van der Waals surface area contributed by atoms with E-state index >= 15 is 0 Å². The molecule has 136 valence electrons. The van der Waals surface area contributed by atoms with Gasteiger partial charge in [0.25, 0.3) is 5.91 Å². The van der Waals surface area contributed by atoms with E-state index in [1.54, 1.807) is 5.51 Å². The number of hydrogen-bond donors (Lipinski definition) is 1. The number of amides is 2. The van der Waals surface area contributed by atoms with Crippen LogP contribution in [0.2, 0.25) is 0 Å². The molecule has 0 unspecified atom stereocenters. The SMILES string of the molecule is O=C(CC1(CN2Cc3ccccc3C2=O)CCCCC1)Nc1nncs1. The second kappa shape index (κ2) is 7.15. The van der Waals surface area contributed by atoms with Gasteiger partial charge in [-0.2, -0.15) is 0 Å². The molecule has 1 aromatic carbocycles. The molecule has 0 spiro atoms. The first-order valence-corrected chi connectivity index (χ1v) is 9.96. The molecule has 1 N–H and O–H groups in total. The minimum Gasteiger partial charge on any atom is -0.334 e. The fourth-order valence-corrected chi connectivity index (χ4v) is 4.73. The molecule has 0 bridgehead atoms. The standard InChI is InChI=1S/C19H22N4O2S/c24-16(21-18-22-20-13-26-18)10-19(8-4-1-5-9-19)12-23-11-14-6-2-3-7-15(14)17(23)25/h2-3,6-7,13H,1,4-5,8-12H2,(H,21,22,24). The van der Waals surface area contributed by atoms with Gasteiger partial charge in [0.1, 0.15) is 5.51 Å². The number of rotatable bonds is 5. The van der Waals surface area contributed by atoms with E-state index in [2.05, 4.69) is 15.5 Å². The second-order valence-corrected chi connectivity index (χ2v) is 8.18. The molecular weight excluding hydrogens is 348 g/mol. The Balaban J connectivity index is 1.48. The summed E-state index contributed by atoms with van der Waals surface area (Å²) in [5, 5.41) is 11.0. The van der Waals surface area contributed by atoms with Crippen LogP contribution in [0.4, 0.5) is 5.13 Å². The Hall–Kier alpha value is -2.28. The van der Waals surface area contributed by atoms with E-state index in [9.17, 15) is 9.59 Å². The maximum atomic E-state index is 12.8. The van der Waals surface area contributed by atoms with Crippen molar-refractivity contribution in [3.8, 4) is 0 Å². The highest BCUT2D eigenvalue weighted by molar-refractivity contribution is 7.13. The van der Waals surface area contributed by atoms with Crippen LogP contribution in [0.5, 0.6) is 0 Å². The minimum absolute atomic E-state index is 0.0344. The number of benzene rings is 1. The summed E-state index contributed by atoms with van der Waals surface area (Å²) in [6.07, 6.45) is 5.82. The van der Waals surface area contributed by atoms with Crippen molar-refractivity contribution in [3.63, 3.8) is 0 Å². The Morgan fingerprint density at radius 1 is 1.23 bits per heavy atom. The van der Waals surface area contributed by atoms with Gasteiger partial charge in [0.15, 0.2) is 0 Å². The molecule has 1 aromatic heterocycles. The molecule has 1 saturated carbocycles. The molecule has 0 radical (unpaired) electrons. The summed E-state index contributed by atoms with van der Waals surface area (Å²) in [6.45, 7) is 1.29. The zero-order valence-corrected chi connectivity index (χ0v) is 15.4. The lowest BCUT2D eigenvalue weighted by Gasteiger charge is -2.39. The molecular formula is C19H22N4O2S. The van der Waals surface area contributed by atoms with Gasteiger partial charge < -0.3 is 10.2 Å². The number of fused-ring (bicyclic) bond motifs is 1. The molecule has 2 amide bonds. The smallest absolute Gasteiger partial charge is 0.254 e.